The maximum atomic E-state index is 13.9. The maximum absolute atomic E-state index is 13.9. The molecule has 1 atom stereocenters. The van der Waals surface area contributed by atoms with Gasteiger partial charge < -0.3 is 19.7 Å². The second-order valence-corrected chi connectivity index (χ2v) is 11.9. The molecular formula is C35H45N3O3. The Labute approximate surface area is 244 Å². The van der Waals surface area contributed by atoms with Gasteiger partial charge in [0.15, 0.2) is 0 Å². The van der Waals surface area contributed by atoms with Crippen LogP contribution in [0.4, 0.5) is 0 Å². The van der Waals surface area contributed by atoms with Crippen LogP contribution in [0.1, 0.15) is 55.5 Å². The molecule has 0 saturated carbocycles. The number of para-hydroxylation sites is 1. The fraction of sp³-hybridized carbons (Fsp3) is 0.400. The average molecular weight is 556 g/mol. The van der Waals surface area contributed by atoms with E-state index in [1.165, 1.54) is 16.5 Å². The molecule has 2 N–H and O–H groups in total. The molecule has 41 heavy (non-hydrogen) atoms. The van der Waals surface area contributed by atoms with Crippen LogP contribution in [0, 0.1) is 0 Å². The third kappa shape index (κ3) is 8.77. The summed E-state index contributed by atoms with van der Waals surface area (Å²) in [7, 11) is 1.69. The van der Waals surface area contributed by atoms with E-state index in [1.54, 1.807) is 7.11 Å². The number of aliphatic hydroxyl groups excluding tert-OH is 1. The molecule has 0 aliphatic carbocycles. The van der Waals surface area contributed by atoms with Crippen molar-refractivity contribution < 1.29 is 14.6 Å². The Bertz CT molecular complexity index is 1360. The second kappa shape index (κ2) is 14.4. The fourth-order valence-corrected chi connectivity index (χ4v) is 5.20. The molecule has 0 aliphatic heterocycles. The van der Waals surface area contributed by atoms with Crippen LogP contribution < -0.4 is 0 Å². The summed E-state index contributed by atoms with van der Waals surface area (Å²) >= 11 is 0. The van der Waals surface area contributed by atoms with E-state index in [0.717, 1.165) is 29.5 Å². The largest absolute Gasteiger partial charge is 0.387 e. The minimum Gasteiger partial charge on any atom is -0.387 e. The van der Waals surface area contributed by atoms with Crippen molar-refractivity contribution >= 4 is 16.8 Å². The number of amides is 1. The number of aromatic amines is 1. The quantitative estimate of drug-likeness (QED) is 0.184. The monoisotopic (exact) mass is 555 g/mol. The highest BCUT2D eigenvalue weighted by Gasteiger charge is 2.22. The number of methoxy groups -OCH3 is 1. The molecule has 1 aromatic heterocycles. The Kier molecular flexibility index (Phi) is 10.7. The smallest absolute Gasteiger partial charge is 0.237 e. The van der Waals surface area contributed by atoms with E-state index in [-0.39, 0.29) is 17.9 Å². The predicted molar refractivity (Wildman–Crippen MR) is 167 cm³/mol. The first-order chi connectivity index (χ1) is 19.7. The van der Waals surface area contributed by atoms with Gasteiger partial charge in [0, 0.05) is 57.0 Å². The van der Waals surface area contributed by atoms with Crippen LogP contribution in [0.3, 0.4) is 0 Å². The highest BCUT2D eigenvalue weighted by atomic mass is 16.5. The van der Waals surface area contributed by atoms with Gasteiger partial charge in [-0.05, 0) is 46.6 Å². The number of rotatable bonds is 14. The van der Waals surface area contributed by atoms with Crippen molar-refractivity contribution in [2.45, 2.75) is 51.7 Å². The number of H-pyrrole nitrogens is 1. The van der Waals surface area contributed by atoms with Gasteiger partial charge in [0.2, 0.25) is 5.91 Å². The molecule has 4 aromatic rings. The number of hydrogen-bond acceptors (Lipinski definition) is 4. The number of carbonyl (C=O) groups excluding carboxylic acids is 1. The molecule has 6 nitrogen and oxygen atoms in total. The zero-order valence-electron chi connectivity index (χ0n) is 25.0. The first kappa shape index (κ1) is 30.5. The number of aromatic nitrogens is 1. The Morgan fingerprint density at radius 3 is 2.37 bits per heavy atom. The lowest BCUT2D eigenvalue weighted by atomic mass is 9.87. The molecule has 6 heteroatoms. The molecule has 1 heterocycles. The van der Waals surface area contributed by atoms with Gasteiger partial charge in [-0.25, -0.2) is 0 Å². The molecule has 4 rings (SSSR count). The van der Waals surface area contributed by atoms with Crippen LogP contribution in [-0.4, -0.2) is 65.7 Å². The summed E-state index contributed by atoms with van der Waals surface area (Å²) in [6.45, 7) is 9.67. The number of ether oxygens (including phenoxy) is 1. The van der Waals surface area contributed by atoms with Crippen LogP contribution in [-0.2, 0) is 27.9 Å². The zero-order valence-corrected chi connectivity index (χ0v) is 25.0. The lowest BCUT2D eigenvalue weighted by molar-refractivity contribution is -0.133. The van der Waals surface area contributed by atoms with Crippen molar-refractivity contribution in [2.24, 2.45) is 0 Å². The maximum Gasteiger partial charge on any atom is 0.237 e. The SMILES string of the molecule is COCCCN(CC(=O)N(CCc1c[nH]c2ccccc12)Cc1ccc(C(C)(C)C)cc1)C[C@H](O)c1ccccc1. The molecular weight excluding hydrogens is 510 g/mol. The molecule has 0 fully saturated rings. The normalized spacial score (nSPS) is 12.6. The zero-order chi connectivity index (χ0) is 29.2. The number of fused-ring (bicyclic) bond motifs is 1. The molecule has 0 spiro atoms. The van der Waals surface area contributed by atoms with Gasteiger partial charge >= 0.3 is 0 Å². The highest BCUT2D eigenvalue weighted by molar-refractivity contribution is 5.83. The third-order valence-corrected chi connectivity index (χ3v) is 7.67. The summed E-state index contributed by atoms with van der Waals surface area (Å²) in [6, 6.07) is 26.6. The van der Waals surface area contributed by atoms with Gasteiger partial charge in [-0.1, -0.05) is 93.6 Å². The number of carbonyl (C=O) groups is 1. The van der Waals surface area contributed by atoms with Gasteiger partial charge in [-0.3, -0.25) is 9.69 Å². The van der Waals surface area contributed by atoms with Crippen LogP contribution in [0.2, 0.25) is 0 Å². The molecule has 218 valence electrons. The number of nitrogens with zero attached hydrogens (tertiary/aromatic N) is 2. The average Bonchev–Trinajstić information content (AvgIpc) is 3.38. The third-order valence-electron chi connectivity index (χ3n) is 7.67. The van der Waals surface area contributed by atoms with Crippen LogP contribution in [0.15, 0.2) is 85.1 Å². The minimum absolute atomic E-state index is 0.0578. The van der Waals surface area contributed by atoms with Gasteiger partial charge in [-0.15, -0.1) is 0 Å². The second-order valence-electron chi connectivity index (χ2n) is 11.9. The summed E-state index contributed by atoms with van der Waals surface area (Å²) in [6.07, 6.45) is 2.93. The molecule has 0 saturated heterocycles. The Morgan fingerprint density at radius 2 is 1.66 bits per heavy atom. The Balaban J connectivity index is 1.51. The molecule has 0 radical (unpaired) electrons. The van der Waals surface area contributed by atoms with Gasteiger partial charge in [0.05, 0.1) is 12.6 Å². The number of nitrogens with one attached hydrogen (secondary N) is 1. The van der Waals surface area contributed by atoms with E-state index in [4.69, 9.17) is 4.74 Å². The first-order valence-corrected chi connectivity index (χ1v) is 14.6. The summed E-state index contributed by atoms with van der Waals surface area (Å²) in [4.78, 5) is 21.3. The standard InChI is InChI=1S/C35H45N3O3/c1-35(2,3)30-17-15-27(16-18-30)24-38(21-19-29-23-36-32-14-9-8-13-31(29)32)34(40)26-37(20-10-22-41-4)25-33(39)28-11-6-5-7-12-28/h5-9,11-18,23,33,36,39H,10,19-22,24-26H2,1-4H3/t33-/m0/s1. The van der Waals surface area contributed by atoms with Crippen LogP contribution in [0.5, 0.6) is 0 Å². The summed E-state index contributed by atoms with van der Waals surface area (Å²) in [5, 5.41) is 12.1. The fourth-order valence-electron chi connectivity index (χ4n) is 5.20. The van der Waals surface area contributed by atoms with Crippen molar-refractivity contribution in [3.8, 4) is 0 Å². The summed E-state index contributed by atoms with van der Waals surface area (Å²) < 4.78 is 5.27. The summed E-state index contributed by atoms with van der Waals surface area (Å²) in [5.74, 6) is 0.0578. The van der Waals surface area contributed by atoms with E-state index in [2.05, 4.69) is 79.3 Å². The number of hydrogen-bond donors (Lipinski definition) is 2. The van der Waals surface area contributed by atoms with Crippen molar-refractivity contribution in [1.82, 2.24) is 14.8 Å². The van der Waals surface area contributed by atoms with E-state index >= 15 is 0 Å². The highest BCUT2D eigenvalue weighted by Crippen LogP contribution is 2.23. The lowest BCUT2D eigenvalue weighted by Crippen LogP contribution is -2.42. The lowest BCUT2D eigenvalue weighted by Gasteiger charge is -2.29. The number of aliphatic hydroxyl groups is 1. The molecule has 0 aliphatic rings. The topological polar surface area (TPSA) is 68.8 Å². The predicted octanol–water partition coefficient (Wildman–Crippen LogP) is 6.11. The Hall–Kier alpha value is -3.45. The molecule has 0 unspecified atom stereocenters. The molecule has 1 amide bonds. The van der Waals surface area contributed by atoms with E-state index in [0.29, 0.717) is 32.8 Å². The van der Waals surface area contributed by atoms with Crippen molar-refractivity contribution in [2.75, 3.05) is 39.9 Å². The minimum atomic E-state index is -0.670. The van der Waals surface area contributed by atoms with E-state index in [1.807, 2.05) is 41.3 Å². The van der Waals surface area contributed by atoms with Gasteiger partial charge in [-0.2, -0.15) is 0 Å². The van der Waals surface area contributed by atoms with Crippen LogP contribution in [0.25, 0.3) is 10.9 Å². The molecule has 3 aromatic carbocycles. The first-order valence-electron chi connectivity index (χ1n) is 14.6. The number of benzene rings is 3. The van der Waals surface area contributed by atoms with E-state index < -0.39 is 6.10 Å². The summed E-state index contributed by atoms with van der Waals surface area (Å²) in [5.41, 5.74) is 5.63. The molecule has 0 bridgehead atoms. The van der Waals surface area contributed by atoms with Crippen LogP contribution >= 0.6 is 0 Å². The van der Waals surface area contributed by atoms with Crippen molar-refractivity contribution in [3.05, 3.63) is 107 Å². The van der Waals surface area contributed by atoms with Crippen molar-refractivity contribution in [1.29, 1.82) is 0 Å². The van der Waals surface area contributed by atoms with E-state index in [9.17, 15) is 9.90 Å². The Morgan fingerprint density at radius 1 is 0.951 bits per heavy atom. The van der Waals surface area contributed by atoms with Gasteiger partial charge in [0.25, 0.3) is 0 Å². The van der Waals surface area contributed by atoms with Crippen molar-refractivity contribution in [3.63, 3.8) is 0 Å². The van der Waals surface area contributed by atoms with Gasteiger partial charge in [0.1, 0.15) is 0 Å².